The average molecular weight is 336 g/mol. The number of benzene rings is 2. The monoisotopic (exact) mass is 336 g/mol. The number of fused-ring (bicyclic) bond motifs is 1. The highest BCUT2D eigenvalue weighted by atomic mass is 32.1. The highest BCUT2D eigenvalue weighted by molar-refractivity contribution is 7.80. The van der Waals surface area contributed by atoms with Crippen LogP contribution in [0.4, 0.5) is 0 Å². The summed E-state index contributed by atoms with van der Waals surface area (Å²) in [6.45, 7) is 0.580. The number of aromatic nitrogens is 1. The van der Waals surface area contributed by atoms with E-state index in [-0.39, 0.29) is 5.91 Å². The molecule has 1 aromatic heterocycles. The van der Waals surface area contributed by atoms with Gasteiger partial charge in [0, 0.05) is 11.9 Å². The van der Waals surface area contributed by atoms with Crippen molar-refractivity contribution in [3.8, 4) is 0 Å². The van der Waals surface area contributed by atoms with Crippen molar-refractivity contribution in [3.63, 3.8) is 0 Å². The molecule has 3 N–H and O–H groups in total. The Morgan fingerprint density at radius 2 is 1.67 bits per heavy atom. The van der Waals surface area contributed by atoms with E-state index in [9.17, 15) is 4.79 Å². The summed E-state index contributed by atoms with van der Waals surface area (Å²) in [7, 11) is 0. The molecule has 120 valence electrons. The average Bonchev–Trinajstić information content (AvgIpc) is 2.65. The van der Waals surface area contributed by atoms with E-state index in [1.807, 2.05) is 60.7 Å². The Kier molecular flexibility index (Phi) is 4.98. The van der Waals surface area contributed by atoms with Gasteiger partial charge < -0.3 is 5.32 Å². The van der Waals surface area contributed by atoms with Gasteiger partial charge in [-0.25, -0.2) is 4.98 Å². The fraction of sp³-hybridized carbons (Fsp3) is 0.0556. The van der Waals surface area contributed by atoms with Crippen molar-refractivity contribution in [1.82, 2.24) is 21.2 Å². The summed E-state index contributed by atoms with van der Waals surface area (Å²) in [5.74, 6) is -0.343. The molecule has 0 aliphatic rings. The first-order valence-corrected chi connectivity index (χ1v) is 7.87. The molecule has 0 unspecified atom stereocenters. The van der Waals surface area contributed by atoms with E-state index in [1.165, 1.54) is 0 Å². The number of amides is 1. The van der Waals surface area contributed by atoms with Crippen LogP contribution >= 0.6 is 12.2 Å². The quantitative estimate of drug-likeness (QED) is 0.507. The Labute approximate surface area is 145 Å². The van der Waals surface area contributed by atoms with Crippen LogP contribution in [0.2, 0.25) is 0 Å². The van der Waals surface area contributed by atoms with E-state index in [1.54, 1.807) is 6.07 Å². The fourth-order valence-corrected chi connectivity index (χ4v) is 2.32. The standard InChI is InChI=1S/C18H16N4OS/c23-17(16-11-10-14-8-4-5-9-15(14)20-16)21-22-18(24)19-12-13-6-2-1-3-7-13/h1-11H,12H2,(H,21,23)(H2,19,22,24). The number of pyridine rings is 1. The Morgan fingerprint density at radius 3 is 2.50 bits per heavy atom. The first-order chi connectivity index (χ1) is 11.7. The lowest BCUT2D eigenvalue weighted by atomic mass is 10.2. The van der Waals surface area contributed by atoms with Crippen molar-refractivity contribution in [3.05, 3.63) is 78.0 Å². The van der Waals surface area contributed by atoms with Gasteiger partial charge in [0.05, 0.1) is 5.52 Å². The zero-order chi connectivity index (χ0) is 16.8. The van der Waals surface area contributed by atoms with E-state index in [0.717, 1.165) is 16.5 Å². The number of hydrogen-bond donors (Lipinski definition) is 3. The summed E-state index contributed by atoms with van der Waals surface area (Å²) in [6.07, 6.45) is 0. The van der Waals surface area contributed by atoms with Gasteiger partial charge in [-0.3, -0.25) is 15.6 Å². The zero-order valence-electron chi connectivity index (χ0n) is 12.8. The van der Waals surface area contributed by atoms with E-state index < -0.39 is 0 Å². The van der Waals surface area contributed by atoms with Crippen LogP contribution in [0.15, 0.2) is 66.7 Å². The van der Waals surface area contributed by atoms with Crippen molar-refractivity contribution in [2.75, 3.05) is 0 Å². The lowest BCUT2D eigenvalue weighted by Gasteiger charge is -2.11. The molecule has 0 fully saturated rings. The van der Waals surface area contributed by atoms with Crippen molar-refractivity contribution in [2.45, 2.75) is 6.54 Å². The molecule has 1 heterocycles. The maximum absolute atomic E-state index is 12.1. The number of nitrogens with zero attached hydrogens (tertiary/aromatic N) is 1. The summed E-state index contributed by atoms with van der Waals surface area (Å²) >= 11 is 5.14. The molecule has 0 atom stereocenters. The molecule has 0 bridgehead atoms. The molecule has 3 rings (SSSR count). The molecule has 1 amide bonds. The SMILES string of the molecule is O=C(NNC(=S)NCc1ccccc1)c1ccc2ccccc2n1. The van der Waals surface area contributed by atoms with Gasteiger partial charge in [0.2, 0.25) is 0 Å². The van der Waals surface area contributed by atoms with Gasteiger partial charge in [-0.2, -0.15) is 0 Å². The molecule has 5 nitrogen and oxygen atoms in total. The van der Waals surface area contributed by atoms with Gasteiger partial charge >= 0.3 is 0 Å². The molecule has 6 heteroatoms. The number of nitrogens with one attached hydrogen (secondary N) is 3. The van der Waals surface area contributed by atoms with Gasteiger partial charge in [-0.15, -0.1) is 0 Å². The van der Waals surface area contributed by atoms with Crippen LogP contribution in [0, 0.1) is 0 Å². The van der Waals surface area contributed by atoms with Gasteiger partial charge in [0.1, 0.15) is 5.69 Å². The minimum Gasteiger partial charge on any atom is -0.357 e. The Balaban J connectivity index is 1.53. The molecule has 0 spiro atoms. The van der Waals surface area contributed by atoms with Crippen LogP contribution < -0.4 is 16.2 Å². The molecule has 24 heavy (non-hydrogen) atoms. The fourth-order valence-electron chi connectivity index (χ4n) is 2.19. The number of hydrogen-bond acceptors (Lipinski definition) is 3. The highest BCUT2D eigenvalue weighted by Gasteiger charge is 2.08. The van der Waals surface area contributed by atoms with Crippen LogP contribution in [0.25, 0.3) is 10.9 Å². The summed E-state index contributed by atoms with van der Waals surface area (Å²) in [4.78, 5) is 16.5. The topological polar surface area (TPSA) is 66.1 Å². The molecule has 3 aromatic rings. The largest absolute Gasteiger partial charge is 0.357 e. The molecule has 0 aliphatic carbocycles. The second-order valence-electron chi connectivity index (χ2n) is 5.14. The lowest BCUT2D eigenvalue weighted by molar-refractivity contribution is 0.0939. The van der Waals surface area contributed by atoms with Crippen LogP contribution in [-0.4, -0.2) is 16.0 Å². The summed E-state index contributed by atoms with van der Waals surface area (Å²) in [5, 5.41) is 4.35. The molecular weight excluding hydrogens is 320 g/mol. The number of rotatable bonds is 3. The number of carbonyl (C=O) groups excluding carboxylic acids is 1. The van der Waals surface area contributed by atoms with Crippen LogP contribution in [0.1, 0.15) is 16.1 Å². The number of thiocarbonyl (C=S) groups is 1. The molecule has 0 saturated carbocycles. The number of carbonyl (C=O) groups is 1. The maximum atomic E-state index is 12.1. The van der Waals surface area contributed by atoms with E-state index in [0.29, 0.717) is 17.4 Å². The van der Waals surface area contributed by atoms with Crippen molar-refractivity contribution in [1.29, 1.82) is 0 Å². The van der Waals surface area contributed by atoms with Gasteiger partial charge in [0.25, 0.3) is 5.91 Å². The minimum absolute atomic E-state index is 0.326. The minimum atomic E-state index is -0.343. The Hall–Kier alpha value is -2.99. The normalized spacial score (nSPS) is 10.2. The van der Waals surface area contributed by atoms with E-state index >= 15 is 0 Å². The lowest BCUT2D eigenvalue weighted by Crippen LogP contribution is -2.46. The van der Waals surface area contributed by atoms with Gasteiger partial charge in [0.15, 0.2) is 5.11 Å². The summed E-state index contributed by atoms with van der Waals surface area (Å²) in [5.41, 5.74) is 7.42. The predicted octanol–water partition coefficient (Wildman–Crippen LogP) is 2.54. The van der Waals surface area contributed by atoms with Crippen molar-refractivity contribution >= 4 is 34.1 Å². The van der Waals surface area contributed by atoms with Crippen molar-refractivity contribution in [2.24, 2.45) is 0 Å². The maximum Gasteiger partial charge on any atom is 0.288 e. The van der Waals surface area contributed by atoms with Gasteiger partial charge in [-0.05, 0) is 29.9 Å². The molecule has 2 aromatic carbocycles. The van der Waals surface area contributed by atoms with Crippen molar-refractivity contribution < 1.29 is 4.79 Å². The molecule has 0 radical (unpaired) electrons. The third-order valence-electron chi connectivity index (χ3n) is 3.42. The van der Waals surface area contributed by atoms with Crippen LogP contribution in [0.3, 0.4) is 0 Å². The van der Waals surface area contributed by atoms with Gasteiger partial charge in [-0.1, -0.05) is 54.6 Å². The van der Waals surface area contributed by atoms with E-state index in [2.05, 4.69) is 21.2 Å². The van der Waals surface area contributed by atoms with Crippen LogP contribution in [-0.2, 0) is 6.54 Å². The third kappa shape index (κ3) is 4.05. The molecular formula is C18H16N4OS. The Morgan fingerprint density at radius 1 is 0.917 bits per heavy atom. The smallest absolute Gasteiger partial charge is 0.288 e. The summed E-state index contributed by atoms with van der Waals surface area (Å²) < 4.78 is 0. The first-order valence-electron chi connectivity index (χ1n) is 7.46. The number of para-hydroxylation sites is 1. The highest BCUT2D eigenvalue weighted by Crippen LogP contribution is 2.11. The van der Waals surface area contributed by atoms with Crippen LogP contribution in [0.5, 0.6) is 0 Å². The molecule has 0 aliphatic heterocycles. The second kappa shape index (κ2) is 7.52. The second-order valence-corrected chi connectivity index (χ2v) is 5.54. The zero-order valence-corrected chi connectivity index (χ0v) is 13.6. The third-order valence-corrected chi connectivity index (χ3v) is 3.66. The Bertz CT molecular complexity index is 867. The number of hydrazine groups is 1. The predicted molar refractivity (Wildman–Crippen MR) is 98.2 cm³/mol. The molecule has 0 saturated heterocycles. The summed E-state index contributed by atoms with van der Waals surface area (Å²) in [6, 6.07) is 21.0. The first kappa shape index (κ1) is 15.9. The van der Waals surface area contributed by atoms with E-state index in [4.69, 9.17) is 12.2 Å².